The van der Waals surface area contributed by atoms with Gasteiger partial charge in [-0.3, -0.25) is 14.1 Å². The Morgan fingerprint density at radius 3 is 2.75 bits per heavy atom. The molecular formula is C10H13NO4S. The molecule has 0 fully saturated rings. The van der Waals surface area contributed by atoms with Crippen LogP contribution in [0.4, 0.5) is 5.69 Å². The normalized spacial score (nSPS) is 11.9. The fourth-order valence-electron chi connectivity index (χ4n) is 1.26. The molecule has 0 saturated carbocycles. The minimum Gasteiger partial charge on any atom is -0.495 e. The van der Waals surface area contributed by atoms with Gasteiger partial charge in [0, 0.05) is 12.0 Å². The van der Waals surface area contributed by atoms with E-state index in [9.17, 15) is 9.00 Å². The predicted molar refractivity (Wildman–Crippen MR) is 62.0 cm³/mol. The summed E-state index contributed by atoms with van der Waals surface area (Å²) in [4.78, 5) is 11.4. The first-order valence-electron chi connectivity index (χ1n) is 4.67. The fourth-order valence-corrected chi connectivity index (χ4v) is 1.61. The fraction of sp³-hybridized carbons (Fsp3) is 0.300. The molecule has 0 radical (unpaired) electrons. The number of ether oxygens (including phenoxy) is 1. The lowest BCUT2D eigenvalue weighted by Gasteiger charge is -2.09. The van der Waals surface area contributed by atoms with Crippen molar-refractivity contribution < 1.29 is 18.3 Å². The van der Waals surface area contributed by atoms with E-state index in [1.54, 1.807) is 19.1 Å². The van der Waals surface area contributed by atoms with Gasteiger partial charge in [-0.2, -0.15) is 0 Å². The molecule has 0 aliphatic rings. The summed E-state index contributed by atoms with van der Waals surface area (Å²) in [5.41, 5.74) is 0.805. The Morgan fingerprint density at radius 1 is 1.56 bits per heavy atom. The monoisotopic (exact) mass is 243 g/mol. The molecule has 0 aromatic heterocycles. The van der Waals surface area contributed by atoms with Crippen molar-refractivity contribution in [1.29, 1.82) is 0 Å². The predicted octanol–water partition coefficient (Wildman–Crippen LogP) is 1.84. The van der Waals surface area contributed by atoms with Crippen molar-refractivity contribution in [1.82, 2.24) is 0 Å². The molecule has 0 aliphatic heterocycles. The summed E-state index contributed by atoms with van der Waals surface area (Å²) in [7, 11) is 1.45. The van der Waals surface area contributed by atoms with Crippen LogP contribution in [0.5, 0.6) is 5.75 Å². The highest BCUT2D eigenvalue weighted by Gasteiger charge is 2.09. The van der Waals surface area contributed by atoms with Crippen molar-refractivity contribution in [3.8, 4) is 5.75 Å². The van der Waals surface area contributed by atoms with Crippen LogP contribution in [0.3, 0.4) is 0 Å². The number of nitrogens with one attached hydrogen (secondary N) is 1. The Labute approximate surface area is 96.2 Å². The maximum absolute atomic E-state index is 11.4. The number of hydrogen-bond acceptors (Lipinski definition) is 3. The number of carbonyl (C=O) groups excluding carboxylic acids is 1. The van der Waals surface area contributed by atoms with Crippen molar-refractivity contribution in [3.05, 3.63) is 23.8 Å². The Morgan fingerprint density at radius 2 is 2.25 bits per heavy atom. The van der Waals surface area contributed by atoms with Crippen molar-refractivity contribution in [2.24, 2.45) is 0 Å². The van der Waals surface area contributed by atoms with Gasteiger partial charge < -0.3 is 4.74 Å². The van der Waals surface area contributed by atoms with Crippen molar-refractivity contribution in [3.63, 3.8) is 0 Å². The van der Waals surface area contributed by atoms with Gasteiger partial charge in [-0.05, 0) is 18.2 Å². The number of Topliss-reactive ketones (excluding diaryl/α,β-unsaturated/α-hetero) is 1. The van der Waals surface area contributed by atoms with Gasteiger partial charge in [0.05, 0.1) is 12.8 Å². The van der Waals surface area contributed by atoms with Gasteiger partial charge >= 0.3 is 0 Å². The van der Waals surface area contributed by atoms with E-state index in [0.29, 0.717) is 23.4 Å². The summed E-state index contributed by atoms with van der Waals surface area (Å²) in [5.74, 6) is 0.379. The Balaban J connectivity index is 3.10. The number of carbonyl (C=O) groups is 1. The van der Waals surface area contributed by atoms with Gasteiger partial charge in [0.2, 0.25) is 0 Å². The van der Waals surface area contributed by atoms with E-state index in [-0.39, 0.29) is 5.78 Å². The molecule has 5 nitrogen and oxygen atoms in total. The molecule has 88 valence electrons. The lowest BCUT2D eigenvalue weighted by molar-refractivity contribution is 0.0988. The smallest absolute Gasteiger partial charge is 0.259 e. The van der Waals surface area contributed by atoms with E-state index in [1.807, 2.05) is 0 Å². The molecule has 0 aliphatic carbocycles. The average molecular weight is 243 g/mol. The van der Waals surface area contributed by atoms with Crippen LogP contribution >= 0.6 is 0 Å². The summed E-state index contributed by atoms with van der Waals surface area (Å²) in [6.07, 6.45) is 0.383. The topological polar surface area (TPSA) is 75.6 Å². The molecule has 1 atom stereocenters. The van der Waals surface area contributed by atoms with Crippen LogP contribution in [-0.2, 0) is 11.3 Å². The molecule has 0 bridgehead atoms. The van der Waals surface area contributed by atoms with Gasteiger partial charge in [0.25, 0.3) is 11.3 Å². The van der Waals surface area contributed by atoms with E-state index in [2.05, 4.69) is 4.72 Å². The van der Waals surface area contributed by atoms with E-state index in [4.69, 9.17) is 9.29 Å². The molecule has 2 N–H and O–H groups in total. The third-order valence-corrected chi connectivity index (χ3v) is 2.43. The largest absolute Gasteiger partial charge is 0.495 e. The van der Waals surface area contributed by atoms with Crippen molar-refractivity contribution in [2.45, 2.75) is 13.3 Å². The Kier molecular flexibility index (Phi) is 4.45. The van der Waals surface area contributed by atoms with E-state index in [0.717, 1.165) is 0 Å². The van der Waals surface area contributed by atoms with Crippen LogP contribution in [-0.4, -0.2) is 21.7 Å². The van der Waals surface area contributed by atoms with Crippen molar-refractivity contribution >= 4 is 22.7 Å². The van der Waals surface area contributed by atoms with Crippen LogP contribution in [0.1, 0.15) is 23.7 Å². The SMILES string of the molecule is CCC(=O)c1ccc(OC)c(NS(=O)O)c1. The zero-order valence-electron chi connectivity index (χ0n) is 9.02. The molecule has 1 aromatic rings. The van der Waals surface area contributed by atoms with Crippen LogP contribution in [0.2, 0.25) is 0 Å². The van der Waals surface area contributed by atoms with E-state index < -0.39 is 11.3 Å². The van der Waals surface area contributed by atoms with Gasteiger partial charge in [0.1, 0.15) is 5.75 Å². The second-order valence-corrected chi connectivity index (χ2v) is 3.75. The Bertz CT molecular complexity index is 419. The molecule has 16 heavy (non-hydrogen) atoms. The minimum absolute atomic E-state index is 0.0329. The number of hydrogen-bond donors (Lipinski definition) is 2. The second-order valence-electron chi connectivity index (χ2n) is 3.04. The maximum Gasteiger partial charge on any atom is 0.259 e. The molecule has 6 heteroatoms. The highest BCUT2D eigenvalue weighted by Crippen LogP contribution is 2.26. The first-order chi connectivity index (χ1) is 7.58. The molecule has 0 amide bonds. The first-order valence-corrected chi connectivity index (χ1v) is 5.78. The quantitative estimate of drug-likeness (QED) is 0.611. The van der Waals surface area contributed by atoms with Crippen LogP contribution in [0.25, 0.3) is 0 Å². The van der Waals surface area contributed by atoms with E-state index >= 15 is 0 Å². The third kappa shape index (κ3) is 3.04. The van der Waals surface area contributed by atoms with Gasteiger partial charge in [-0.15, -0.1) is 0 Å². The second kappa shape index (κ2) is 5.62. The maximum atomic E-state index is 11.4. The highest BCUT2D eigenvalue weighted by atomic mass is 32.2. The summed E-state index contributed by atoms with van der Waals surface area (Å²) >= 11 is -2.19. The lowest BCUT2D eigenvalue weighted by atomic mass is 10.1. The standard InChI is InChI=1S/C10H13NO4S/c1-3-9(12)7-4-5-10(15-2)8(6-7)11-16(13)14/h4-6,11H,3H2,1-2H3,(H,13,14). The minimum atomic E-state index is -2.19. The van der Waals surface area contributed by atoms with Gasteiger partial charge in [-0.25, -0.2) is 4.21 Å². The van der Waals surface area contributed by atoms with Crippen LogP contribution in [0.15, 0.2) is 18.2 Å². The zero-order valence-corrected chi connectivity index (χ0v) is 9.84. The summed E-state index contributed by atoms with van der Waals surface area (Å²) in [6.45, 7) is 1.75. The van der Waals surface area contributed by atoms with Gasteiger partial charge in [0.15, 0.2) is 5.78 Å². The summed E-state index contributed by atoms with van der Waals surface area (Å²) in [5, 5.41) is 0. The molecule has 1 rings (SSSR count). The summed E-state index contributed by atoms with van der Waals surface area (Å²) in [6, 6.07) is 4.70. The summed E-state index contributed by atoms with van der Waals surface area (Å²) < 4.78 is 26.7. The first kappa shape index (κ1) is 12.7. The Hall–Kier alpha value is -1.40. The number of benzene rings is 1. The number of rotatable bonds is 5. The molecule has 0 heterocycles. The molecular weight excluding hydrogens is 230 g/mol. The van der Waals surface area contributed by atoms with Gasteiger partial charge in [-0.1, -0.05) is 6.92 Å². The van der Waals surface area contributed by atoms with Crippen molar-refractivity contribution in [2.75, 3.05) is 11.8 Å². The average Bonchev–Trinajstić information content (AvgIpc) is 2.27. The third-order valence-electron chi connectivity index (χ3n) is 2.04. The number of anilines is 1. The van der Waals surface area contributed by atoms with Crippen LogP contribution < -0.4 is 9.46 Å². The zero-order chi connectivity index (χ0) is 12.1. The highest BCUT2D eigenvalue weighted by molar-refractivity contribution is 7.80. The number of ketones is 1. The molecule has 1 aromatic carbocycles. The van der Waals surface area contributed by atoms with Crippen LogP contribution in [0, 0.1) is 0 Å². The lowest BCUT2D eigenvalue weighted by Crippen LogP contribution is -2.05. The number of methoxy groups -OCH3 is 1. The van der Waals surface area contributed by atoms with E-state index in [1.165, 1.54) is 13.2 Å². The molecule has 0 saturated heterocycles. The molecule has 1 unspecified atom stereocenters. The molecule has 0 spiro atoms.